The highest BCUT2D eigenvalue weighted by atomic mass is 31.2. The number of carbonyl (C=O) groups excluding carboxylic acids is 2. The highest BCUT2D eigenvalue weighted by molar-refractivity contribution is 7.54. The van der Waals surface area contributed by atoms with Gasteiger partial charge in [-0.25, -0.2) is 15.2 Å². The van der Waals surface area contributed by atoms with Crippen LogP contribution in [-0.4, -0.2) is 99.0 Å². The SMILES string of the molecule is COC(=O)[C@@H](NP(=O)(N[C@@H](C)C(=O)OCC(C)(C)C)OC[C@H]1O[C@@H](n2cnc3c(OC)nc(N)nc32)[C@](C)(O)[C@@H]1O)C(C)C. The van der Waals surface area contributed by atoms with E-state index >= 15 is 0 Å². The second-order valence-corrected chi connectivity index (χ2v) is 14.2. The maximum absolute atomic E-state index is 14.2. The summed E-state index contributed by atoms with van der Waals surface area (Å²) in [6, 6.07) is -2.23. The number of aromatic nitrogens is 4. The summed E-state index contributed by atoms with van der Waals surface area (Å²) in [6.07, 6.45) is -2.74. The Balaban J connectivity index is 1.87. The van der Waals surface area contributed by atoms with Crippen molar-refractivity contribution in [3.05, 3.63) is 6.33 Å². The molecule has 0 saturated carbocycles. The van der Waals surface area contributed by atoms with E-state index in [4.69, 9.17) is 29.2 Å². The number of aliphatic hydroxyl groups is 2. The van der Waals surface area contributed by atoms with E-state index in [1.807, 2.05) is 20.8 Å². The summed E-state index contributed by atoms with van der Waals surface area (Å²) < 4.78 is 42.7. The van der Waals surface area contributed by atoms with Crippen LogP contribution in [0.5, 0.6) is 5.88 Å². The molecule has 18 heteroatoms. The van der Waals surface area contributed by atoms with Gasteiger partial charge in [0.2, 0.25) is 11.8 Å². The van der Waals surface area contributed by atoms with Gasteiger partial charge in [0.25, 0.3) is 0 Å². The van der Waals surface area contributed by atoms with Gasteiger partial charge in [-0.2, -0.15) is 9.97 Å². The van der Waals surface area contributed by atoms with E-state index in [9.17, 15) is 24.4 Å². The third-order valence-electron chi connectivity index (χ3n) is 6.82. The summed E-state index contributed by atoms with van der Waals surface area (Å²) in [5.74, 6) is -1.83. The first kappa shape index (κ1) is 35.6. The van der Waals surface area contributed by atoms with E-state index in [1.54, 1.807) is 13.8 Å². The molecule has 1 saturated heterocycles. The van der Waals surface area contributed by atoms with Gasteiger partial charge in [0.15, 0.2) is 17.4 Å². The maximum atomic E-state index is 14.2. The largest absolute Gasteiger partial charge is 0.479 e. The first-order chi connectivity index (χ1) is 20.3. The summed E-state index contributed by atoms with van der Waals surface area (Å²) in [7, 11) is -1.71. The molecule has 0 radical (unpaired) electrons. The lowest BCUT2D eigenvalue weighted by Crippen LogP contribution is -2.47. The molecule has 3 rings (SSSR count). The van der Waals surface area contributed by atoms with Crippen molar-refractivity contribution in [1.29, 1.82) is 0 Å². The Labute approximate surface area is 255 Å². The van der Waals surface area contributed by atoms with Gasteiger partial charge in [-0.3, -0.25) is 18.7 Å². The molecule has 1 aliphatic rings. The fourth-order valence-electron chi connectivity index (χ4n) is 4.39. The van der Waals surface area contributed by atoms with Crippen LogP contribution in [0.3, 0.4) is 0 Å². The lowest BCUT2D eigenvalue weighted by Gasteiger charge is -2.30. The van der Waals surface area contributed by atoms with Crippen LogP contribution in [0, 0.1) is 11.3 Å². The van der Waals surface area contributed by atoms with Crippen molar-refractivity contribution in [3.63, 3.8) is 0 Å². The number of esters is 2. The molecular weight excluding hydrogens is 601 g/mol. The standard InChI is InChI=1S/C26H44N7O10P/c1-13(2)16(22(36)40-9)32-44(38,31-14(3)21(35)41-11-25(4,5)6)42-10-15-18(34)26(7,37)23(43-15)33-12-28-17-19(33)29-24(27)30-20(17)39-8/h12-16,18,23,34,37H,10-11H2,1-9H3,(H2,27,29,30)(H2,31,32,38)/t14-,15+,16-,18+,23+,26+,44?/m0/s1. The molecule has 1 unspecified atom stereocenters. The summed E-state index contributed by atoms with van der Waals surface area (Å²) in [5.41, 5.74) is 3.99. The molecule has 1 fully saturated rings. The van der Waals surface area contributed by atoms with Crippen LogP contribution >= 0.6 is 7.67 Å². The average molecular weight is 646 g/mol. The Kier molecular flexibility index (Phi) is 11.0. The zero-order valence-electron chi connectivity index (χ0n) is 26.4. The minimum Gasteiger partial charge on any atom is -0.479 e. The Hall–Kier alpha value is -2.92. The molecule has 0 bridgehead atoms. The Bertz CT molecular complexity index is 1380. The van der Waals surface area contributed by atoms with E-state index in [0.29, 0.717) is 0 Å². The Morgan fingerprint density at radius 1 is 1.20 bits per heavy atom. The lowest BCUT2D eigenvalue weighted by molar-refractivity contribution is -0.148. The number of imidazole rings is 1. The molecule has 6 N–H and O–H groups in total. The summed E-state index contributed by atoms with van der Waals surface area (Å²) in [6.45, 7) is 11.4. The van der Waals surface area contributed by atoms with Gasteiger partial charge < -0.3 is 39.4 Å². The number of aliphatic hydroxyl groups excluding tert-OH is 1. The van der Waals surface area contributed by atoms with Crippen LogP contribution in [0.1, 0.15) is 54.7 Å². The van der Waals surface area contributed by atoms with Crippen LogP contribution < -0.4 is 20.6 Å². The van der Waals surface area contributed by atoms with E-state index in [1.165, 1.54) is 39.0 Å². The van der Waals surface area contributed by atoms with Crippen LogP contribution in [0.25, 0.3) is 11.2 Å². The Morgan fingerprint density at radius 3 is 2.43 bits per heavy atom. The number of nitrogens with one attached hydrogen (secondary N) is 2. The molecule has 0 spiro atoms. The number of fused-ring (bicyclic) bond motifs is 1. The third-order valence-corrected chi connectivity index (χ3v) is 8.68. The van der Waals surface area contributed by atoms with Crippen LogP contribution in [0.4, 0.5) is 5.95 Å². The summed E-state index contributed by atoms with van der Waals surface area (Å²) in [5, 5.41) is 27.7. The fraction of sp³-hybridized carbons (Fsp3) is 0.731. The minimum absolute atomic E-state index is 0.0999. The van der Waals surface area contributed by atoms with Crippen LogP contribution in [-0.2, 0) is 32.9 Å². The van der Waals surface area contributed by atoms with Gasteiger partial charge >= 0.3 is 19.6 Å². The second-order valence-electron chi connectivity index (χ2n) is 12.4. The zero-order chi connectivity index (χ0) is 33.2. The Morgan fingerprint density at radius 2 is 1.86 bits per heavy atom. The number of nitrogen functional groups attached to an aromatic ring is 1. The average Bonchev–Trinajstić information content (AvgIpc) is 3.45. The van der Waals surface area contributed by atoms with Gasteiger partial charge in [-0.05, 0) is 25.2 Å². The quantitative estimate of drug-likeness (QED) is 0.150. The van der Waals surface area contributed by atoms with Crippen LogP contribution in [0.15, 0.2) is 6.33 Å². The number of carbonyl (C=O) groups is 2. The number of methoxy groups -OCH3 is 2. The molecular formula is C26H44N7O10P. The fourth-order valence-corrected chi connectivity index (χ4v) is 6.36. The number of nitrogens with two attached hydrogens (primary N) is 1. The first-order valence-electron chi connectivity index (χ1n) is 14.0. The van der Waals surface area contributed by atoms with Crippen molar-refractivity contribution in [3.8, 4) is 5.88 Å². The normalized spacial score (nSPS) is 25.0. The summed E-state index contributed by atoms with van der Waals surface area (Å²) in [4.78, 5) is 37.6. The minimum atomic E-state index is -4.27. The second kappa shape index (κ2) is 13.6. The molecule has 2 aromatic rings. The number of ether oxygens (including phenoxy) is 4. The van der Waals surface area contributed by atoms with Crippen molar-refractivity contribution in [2.24, 2.45) is 11.3 Å². The van der Waals surface area contributed by atoms with Gasteiger partial charge in [0.1, 0.15) is 29.9 Å². The predicted octanol–water partition coefficient (Wildman–Crippen LogP) is 0.906. The van der Waals surface area contributed by atoms with E-state index in [0.717, 1.165) is 0 Å². The first-order valence-corrected chi connectivity index (χ1v) is 15.6. The van der Waals surface area contributed by atoms with Crippen LogP contribution in [0.2, 0.25) is 0 Å². The molecule has 0 aromatic carbocycles. The van der Waals surface area contributed by atoms with Gasteiger partial charge in [-0.1, -0.05) is 34.6 Å². The molecule has 44 heavy (non-hydrogen) atoms. The molecule has 2 aromatic heterocycles. The zero-order valence-corrected chi connectivity index (χ0v) is 27.3. The lowest BCUT2D eigenvalue weighted by atomic mass is 9.96. The van der Waals surface area contributed by atoms with Crippen molar-refractivity contribution < 1.29 is 47.8 Å². The van der Waals surface area contributed by atoms with Gasteiger partial charge in [-0.15, -0.1) is 0 Å². The highest BCUT2D eigenvalue weighted by Gasteiger charge is 2.54. The molecule has 0 aliphatic carbocycles. The number of nitrogens with zero attached hydrogens (tertiary/aromatic N) is 4. The monoisotopic (exact) mass is 645 g/mol. The maximum Gasteiger partial charge on any atom is 0.342 e. The number of rotatable bonds is 13. The molecule has 3 heterocycles. The topological polar surface area (TPSA) is 232 Å². The van der Waals surface area contributed by atoms with Crippen molar-refractivity contribution in [2.45, 2.75) is 84.6 Å². The van der Waals surface area contributed by atoms with E-state index in [-0.39, 0.29) is 35.0 Å². The molecule has 1 aliphatic heterocycles. The molecule has 0 amide bonds. The number of hydrogen-bond acceptors (Lipinski definition) is 14. The third kappa shape index (κ3) is 8.02. The van der Waals surface area contributed by atoms with E-state index in [2.05, 4.69) is 25.1 Å². The smallest absolute Gasteiger partial charge is 0.342 e. The summed E-state index contributed by atoms with van der Waals surface area (Å²) >= 11 is 0. The van der Waals surface area contributed by atoms with Crippen molar-refractivity contribution >= 4 is 36.7 Å². The highest BCUT2D eigenvalue weighted by Crippen LogP contribution is 2.44. The van der Waals surface area contributed by atoms with Crippen molar-refractivity contribution in [2.75, 3.05) is 33.2 Å². The van der Waals surface area contributed by atoms with Gasteiger partial charge in [0.05, 0.1) is 33.8 Å². The van der Waals surface area contributed by atoms with Gasteiger partial charge in [0, 0.05) is 0 Å². The molecule has 7 atom stereocenters. The predicted molar refractivity (Wildman–Crippen MR) is 157 cm³/mol. The molecule has 17 nitrogen and oxygen atoms in total. The van der Waals surface area contributed by atoms with Crippen molar-refractivity contribution in [1.82, 2.24) is 29.7 Å². The van der Waals surface area contributed by atoms with E-state index < -0.39 is 68.3 Å². The molecule has 248 valence electrons. The number of hydrogen-bond donors (Lipinski definition) is 5. The number of anilines is 1.